The minimum atomic E-state index is 0.482. The monoisotopic (exact) mass is 210 g/mol. The Morgan fingerprint density at radius 2 is 1.73 bits per heavy atom. The number of rotatable bonds is 4. The molecule has 2 nitrogen and oxygen atoms in total. The second-order valence-electron chi connectivity index (χ2n) is 5.73. The quantitative estimate of drug-likeness (QED) is 0.771. The van der Waals surface area contributed by atoms with E-state index in [1.165, 1.54) is 58.0 Å². The Bertz CT molecular complexity index is 187. The largest absolute Gasteiger partial charge is 0.327 e. The van der Waals surface area contributed by atoms with Crippen LogP contribution in [0.5, 0.6) is 0 Å². The molecule has 0 saturated heterocycles. The summed E-state index contributed by atoms with van der Waals surface area (Å²) in [6.45, 7) is 2.54. The van der Waals surface area contributed by atoms with Gasteiger partial charge in [0, 0.05) is 19.1 Å². The maximum atomic E-state index is 6.11. The highest BCUT2D eigenvalue weighted by Gasteiger charge is 2.26. The Morgan fingerprint density at radius 3 is 2.33 bits per heavy atom. The van der Waals surface area contributed by atoms with Crippen molar-refractivity contribution in [3.8, 4) is 0 Å². The van der Waals surface area contributed by atoms with Crippen LogP contribution in [0.25, 0.3) is 0 Å². The van der Waals surface area contributed by atoms with E-state index in [9.17, 15) is 0 Å². The first kappa shape index (κ1) is 11.4. The highest BCUT2D eigenvalue weighted by Crippen LogP contribution is 2.27. The van der Waals surface area contributed by atoms with Crippen molar-refractivity contribution < 1.29 is 0 Å². The predicted molar refractivity (Wildman–Crippen MR) is 64.8 cm³/mol. The molecule has 0 bridgehead atoms. The molecule has 0 aromatic heterocycles. The van der Waals surface area contributed by atoms with E-state index in [1.807, 2.05) is 0 Å². The molecule has 2 aliphatic rings. The molecule has 2 atom stereocenters. The number of nitrogens with two attached hydrogens (primary N) is 1. The molecule has 15 heavy (non-hydrogen) atoms. The van der Waals surface area contributed by atoms with Crippen molar-refractivity contribution in [2.24, 2.45) is 17.6 Å². The minimum absolute atomic E-state index is 0.482. The predicted octanol–water partition coefficient (Wildman–Crippen LogP) is 2.24. The van der Waals surface area contributed by atoms with E-state index in [1.54, 1.807) is 0 Å². The van der Waals surface area contributed by atoms with Crippen LogP contribution < -0.4 is 5.73 Å². The van der Waals surface area contributed by atoms with Gasteiger partial charge in [0.2, 0.25) is 0 Å². The van der Waals surface area contributed by atoms with E-state index in [2.05, 4.69) is 11.9 Å². The fourth-order valence-corrected chi connectivity index (χ4v) is 3.40. The molecule has 2 saturated carbocycles. The molecule has 0 radical (unpaired) electrons. The van der Waals surface area contributed by atoms with Gasteiger partial charge in [-0.15, -0.1) is 0 Å². The van der Waals surface area contributed by atoms with Gasteiger partial charge in [-0.1, -0.05) is 19.3 Å². The molecule has 2 fully saturated rings. The Labute approximate surface area is 94.2 Å². The molecule has 0 heterocycles. The van der Waals surface area contributed by atoms with Crippen LogP contribution in [0.4, 0.5) is 0 Å². The molecular formula is C13H26N2. The van der Waals surface area contributed by atoms with Gasteiger partial charge in [0.25, 0.3) is 0 Å². The topological polar surface area (TPSA) is 29.3 Å². The highest BCUT2D eigenvalue weighted by atomic mass is 15.1. The van der Waals surface area contributed by atoms with Crippen molar-refractivity contribution in [2.75, 3.05) is 20.1 Å². The first-order valence-electron chi connectivity index (χ1n) is 6.70. The fourth-order valence-electron chi connectivity index (χ4n) is 3.40. The van der Waals surface area contributed by atoms with Crippen LogP contribution in [0.3, 0.4) is 0 Å². The molecule has 2 N–H and O–H groups in total. The summed E-state index contributed by atoms with van der Waals surface area (Å²) in [6, 6.07) is 0.482. The average Bonchev–Trinajstić information content (AvgIpc) is 2.79. The van der Waals surface area contributed by atoms with Crippen LogP contribution in [0.1, 0.15) is 44.9 Å². The van der Waals surface area contributed by atoms with Gasteiger partial charge in [0.15, 0.2) is 0 Å². The molecule has 0 amide bonds. The minimum Gasteiger partial charge on any atom is -0.327 e. The van der Waals surface area contributed by atoms with E-state index in [0.29, 0.717) is 6.04 Å². The van der Waals surface area contributed by atoms with Crippen molar-refractivity contribution in [1.29, 1.82) is 0 Å². The Kier molecular flexibility index (Phi) is 4.04. The van der Waals surface area contributed by atoms with E-state index < -0.39 is 0 Å². The summed E-state index contributed by atoms with van der Waals surface area (Å²) in [4.78, 5) is 2.53. The van der Waals surface area contributed by atoms with Crippen molar-refractivity contribution in [3.63, 3.8) is 0 Å². The standard InChI is InChI=1S/C13H26N2/c1-15(9-11-5-2-3-6-11)10-12-7-4-8-13(12)14/h11-13H,2-10,14H2,1H3. The molecule has 0 aliphatic heterocycles. The van der Waals surface area contributed by atoms with Crippen LogP contribution in [-0.2, 0) is 0 Å². The zero-order valence-corrected chi connectivity index (χ0v) is 10.1. The summed E-state index contributed by atoms with van der Waals surface area (Å²) < 4.78 is 0. The molecule has 2 aliphatic carbocycles. The lowest BCUT2D eigenvalue weighted by atomic mass is 10.0. The van der Waals surface area contributed by atoms with Gasteiger partial charge >= 0.3 is 0 Å². The van der Waals surface area contributed by atoms with E-state index in [4.69, 9.17) is 5.73 Å². The molecule has 88 valence electrons. The maximum Gasteiger partial charge on any atom is 0.00793 e. The van der Waals surface area contributed by atoms with Crippen LogP contribution in [0.15, 0.2) is 0 Å². The van der Waals surface area contributed by atoms with Gasteiger partial charge < -0.3 is 10.6 Å². The summed E-state index contributed by atoms with van der Waals surface area (Å²) in [6.07, 6.45) is 9.80. The van der Waals surface area contributed by atoms with Crippen LogP contribution in [0, 0.1) is 11.8 Å². The summed E-state index contributed by atoms with van der Waals surface area (Å²) >= 11 is 0. The van der Waals surface area contributed by atoms with Crippen molar-refractivity contribution >= 4 is 0 Å². The van der Waals surface area contributed by atoms with E-state index >= 15 is 0 Å². The third kappa shape index (κ3) is 3.18. The summed E-state index contributed by atoms with van der Waals surface area (Å²) in [7, 11) is 2.28. The van der Waals surface area contributed by atoms with Gasteiger partial charge in [0.05, 0.1) is 0 Å². The summed E-state index contributed by atoms with van der Waals surface area (Å²) in [5.74, 6) is 1.75. The molecule has 0 aromatic carbocycles. The fraction of sp³-hybridized carbons (Fsp3) is 1.00. The lowest BCUT2D eigenvalue weighted by molar-refractivity contribution is 0.231. The van der Waals surface area contributed by atoms with Gasteiger partial charge in [0.1, 0.15) is 0 Å². The molecule has 0 spiro atoms. The lowest BCUT2D eigenvalue weighted by Gasteiger charge is -2.25. The summed E-state index contributed by atoms with van der Waals surface area (Å²) in [5.41, 5.74) is 6.11. The highest BCUT2D eigenvalue weighted by molar-refractivity contribution is 4.82. The van der Waals surface area contributed by atoms with Gasteiger partial charge in [-0.25, -0.2) is 0 Å². The molecule has 2 rings (SSSR count). The van der Waals surface area contributed by atoms with Gasteiger partial charge in [-0.3, -0.25) is 0 Å². The molecule has 0 aromatic rings. The number of hydrogen-bond acceptors (Lipinski definition) is 2. The third-order valence-electron chi connectivity index (χ3n) is 4.31. The zero-order valence-electron chi connectivity index (χ0n) is 10.1. The van der Waals surface area contributed by atoms with Crippen LogP contribution >= 0.6 is 0 Å². The van der Waals surface area contributed by atoms with E-state index in [0.717, 1.165) is 11.8 Å². The SMILES string of the molecule is CN(CC1CCCC1)CC1CCCC1N. The second-order valence-corrected chi connectivity index (χ2v) is 5.73. The third-order valence-corrected chi connectivity index (χ3v) is 4.31. The zero-order chi connectivity index (χ0) is 10.7. The normalized spacial score (nSPS) is 33.0. The first-order chi connectivity index (χ1) is 7.25. The van der Waals surface area contributed by atoms with Gasteiger partial charge in [-0.2, -0.15) is 0 Å². The number of nitrogens with zero attached hydrogens (tertiary/aromatic N) is 1. The molecular weight excluding hydrogens is 184 g/mol. The Morgan fingerprint density at radius 1 is 1.00 bits per heavy atom. The van der Waals surface area contributed by atoms with Crippen LogP contribution in [-0.4, -0.2) is 31.1 Å². The average molecular weight is 210 g/mol. The maximum absolute atomic E-state index is 6.11. The second kappa shape index (κ2) is 5.31. The van der Waals surface area contributed by atoms with Crippen molar-refractivity contribution in [1.82, 2.24) is 4.90 Å². The first-order valence-corrected chi connectivity index (χ1v) is 6.70. The smallest absolute Gasteiger partial charge is 0.00793 e. The van der Waals surface area contributed by atoms with Crippen molar-refractivity contribution in [3.05, 3.63) is 0 Å². The van der Waals surface area contributed by atoms with Crippen LogP contribution in [0.2, 0.25) is 0 Å². The summed E-state index contributed by atoms with van der Waals surface area (Å²) in [5, 5.41) is 0. The lowest BCUT2D eigenvalue weighted by Crippen LogP contribution is -2.36. The van der Waals surface area contributed by atoms with E-state index in [-0.39, 0.29) is 0 Å². The van der Waals surface area contributed by atoms with Gasteiger partial charge in [-0.05, 0) is 44.6 Å². The molecule has 2 heteroatoms. The number of hydrogen-bond donors (Lipinski definition) is 1. The Hall–Kier alpha value is -0.0800. The van der Waals surface area contributed by atoms with Crippen molar-refractivity contribution in [2.45, 2.75) is 51.0 Å². The molecule has 2 unspecified atom stereocenters. The Balaban J connectivity index is 1.69.